The molecule has 0 unspecified atom stereocenters. The predicted molar refractivity (Wildman–Crippen MR) is 104 cm³/mol. The number of sulfonamides is 1. The lowest BCUT2D eigenvalue weighted by Crippen LogP contribution is -2.50. The van der Waals surface area contributed by atoms with Gasteiger partial charge >= 0.3 is 6.18 Å². The molecule has 0 radical (unpaired) electrons. The second kappa shape index (κ2) is 7.48. The van der Waals surface area contributed by atoms with Gasteiger partial charge in [-0.3, -0.25) is 4.79 Å². The zero-order valence-electron chi connectivity index (χ0n) is 16.2. The molecule has 2 aromatic rings. The SMILES string of the molecule is CN1C(N)=N[C@](C)(c2cc(C(=O)Nc3ccc(C(F)(F)F)cn3)ccc2F)CS1(=O)=O. The number of hydrogen-bond acceptors (Lipinski definition) is 6. The minimum absolute atomic E-state index is 0.0792. The number of anilines is 1. The van der Waals surface area contributed by atoms with E-state index in [9.17, 15) is 30.8 Å². The van der Waals surface area contributed by atoms with Crippen molar-refractivity contribution in [1.29, 1.82) is 0 Å². The monoisotopic (exact) mass is 459 g/mol. The van der Waals surface area contributed by atoms with Crippen LogP contribution < -0.4 is 11.1 Å². The number of amides is 1. The summed E-state index contributed by atoms with van der Waals surface area (Å²) in [7, 11) is -2.66. The van der Waals surface area contributed by atoms with Crippen molar-refractivity contribution in [2.45, 2.75) is 18.6 Å². The van der Waals surface area contributed by atoms with Crippen molar-refractivity contribution >= 4 is 27.7 Å². The van der Waals surface area contributed by atoms with Crippen LogP contribution in [0, 0.1) is 5.82 Å². The van der Waals surface area contributed by atoms with Crippen molar-refractivity contribution in [1.82, 2.24) is 9.29 Å². The van der Waals surface area contributed by atoms with E-state index >= 15 is 0 Å². The molecule has 1 aromatic carbocycles. The van der Waals surface area contributed by atoms with Crippen LogP contribution in [0.25, 0.3) is 0 Å². The Morgan fingerprint density at radius 1 is 1.26 bits per heavy atom. The molecule has 1 aromatic heterocycles. The summed E-state index contributed by atoms with van der Waals surface area (Å²) in [5.74, 6) is -2.66. The maximum atomic E-state index is 14.6. The van der Waals surface area contributed by atoms with E-state index in [4.69, 9.17) is 5.73 Å². The van der Waals surface area contributed by atoms with Gasteiger partial charge < -0.3 is 11.1 Å². The third kappa shape index (κ3) is 4.45. The third-order valence-corrected chi connectivity index (χ3v) is 6.65. The quantitative estimate of drug-likeness (QED) is 0.683. The largest absolute Gasteiger partial charge is 0.417 e. The minimum Gasteiger partial charge on any atom is -0.369 e. The molecule has 13 heteroatoms. The van der Waals surface area contributed by atoms with Crippen molar-refractivity contribution in [3.05, 3.63) is 59.0 Å². The molecule has 0 saturated carbocycles. The summed E-state index contributed by atoms with van der Waals surface area (Å²) in [6, 6.07) is 4.94. The van der Waals surface area contributed by atoms with Gasteiger partial charge in [-0.25, -0.2) is 27.1 Å². The molecule has 3 N–H and O–H groups in total. The first-order valence-electron chi connectivity index (χ1n) is 8.69. The number of rotatable bonds is 3. The Kier molecular flexibility index (Phi) is 5.42. The van der Waals surface area contributed by atoms with E-state index in [-0.39, 0.29) is 22.9 Å². The number of nitrogens with one attached hydrogen (secondary N) is 1. The maximum absolute atomic E-state index is 14.6. The third-order valence-electron chi connectivity index (χ3n) is 4.71. The molecule has 1 amide bonds. The number of carbonyl (C=O) groups excluding carboxylic acids is 1. The van der Waals surface area contributed by atoms with Crippen LogP contribution in [0.2, 0.25) is 0 Å². The number of halogens is 4. The smallest absolute Gasteiger partial charge is 0.369 e. The van der Waals surface area contributed by atoms with Crippen molar-refractivity contribution in [2.75, 3.05) is 18.1 Å². The zero-order chi connectivity index (χ0) is 23.2. The van der Waals surface area contributed by atoms with Crippen LogP contribution in [0.3, 0.4) is 0 Å². The molecule has 166 valence electrons. The van der Waals surface area contributed by atoms with Crippen LogP contribution in [-0.4, -0.2) is 42.4 Å². The number of nitrogens with zero attached hydrogens (tertiary/aromatic N) is 3. The van der Waals surface area contributed by atoms with Crippen LogP contribution >= 0.6 is 0 Å². The van der Waals surface area contributed by atoms with Gasteiger partial charge in [-0.1, -0.05) is 0 Å². The van der Waals surface area contributed by atoms with Gasteiger partial charge in [-0.05, 0) is 37.3 Å². The van der Waals surface area contributed by atoms with Crippen LogP contribution in [0.15, 0.2) is 41.5 Å². The number of aliphatic imine (C=N–C) groups is 1. The van der Waals surface area contributed by atoms with Gasteiger partial charge in [0.15, 0.2) is 0 Å². The van der Waals surface area contributed by atoms with Crippen molar-refractivity contribution < 1.29 is 30.8 Å². The first-order chi connectivity index (χ1) is 14.2. The zero-order valence-corrected chi connectivity index (χ0v) is 17.1. The number of aromatic nitrogens is 1. The van der Waals surface area contributed by atoms with Gasteiger partial charge in [0.2, 0.25) is 16.0 Å². The lowest BCUT2D eigenvalue weighted by atomic mass is 9.92. The highest BCUT2D eigenvalue weighted by molar-refractivity contribution is 7.89. The summed E-state index contributed by atoms with van der Waals surface area (Å²) in [6.45, 7) is 1.36. The molecule has 0 aliphatic carbocycles. The number of carbonyl (C=O) groups is 1. The van der Waals surface area contributed by atoms with E-state index in [1.807, 2.05) is 0 Å². The van der Waals surface area contributed by atoms with Crippen LogP contribution in [0.5, 0.6) is 0 Å². The summed E-state index contributed by atoms with van der Waals surface area (Å²) in [5, 5.41) is 2.30. The number of benzene rings is 1. The summed E-state index contributed by atoms with van der Waals surface area (Å²) >= 11 is 0. The van der Waals surface area contributed by atoms with E-state index in [2.05, 4.69) is 15.3 Å². The highest BCUT2D eigenvalue weighted by atomic mass is 32.2. The highest BCUT2D eigenvalue weighted by Gasteiger charge is 2.42. The normalized spacial score (nSPS) is 20.8. The lowest BCUT2D eigenvalue weighted by Gasteiger charge is -2.34. The van der Waals surface area contributed by atoms with Gasteiger partial charge in [0.05, 0.1) is 11.3 Å². The molecule has 0 spiro atoms. The van der Waals surface area contributed by atoms with Crippen LogP contribution in [0.4, 0.5) is 23.4 Å². The van der Waals surface area contributed by atoms with E-state index < -0.39 is 44.8 Å². The molecule has 31 heavy (non-hydrogen) atoms. The Morgan fingerprint density at radius 3 is 2.48 bits per heavy atom. The second-order valence-corrected chi connectivity index (χ2v) is 9.05. The summed E-state index contributed by atoms with van der Waals surface area (Å²) < 4.78 is 77.8. The molecule has 0 bridgehead atoms. The summed E-state index contributed by atoms with van der Waals surface area (Å²) in [5.41, 5.74) is 2.83. The fourth-order valence-corrected chi connectivity index (χ4v) is 4.44. The maximum Gasteiger partial charge on any atom is 0.417 e. The first-order valence-corrected chi connectivity index (χ1v) is 10.3. The van der Waals surface area contributed by atoms with Gasteiger partial charge in [-0.15, -0.1) is 0 Å². The molecule has 3 rings (SSSR count). The second-order valence-electron chi connectivity index (χ2n) is 7.05. The molecular formula is C18H17F4N5O3S. The molecule has 0 fully saturated rings. The van der Waals surface area contributed by atoms with Crippen molar-refractivity contribution in [3.8, 4) is 0 Å². The molecule has 8 nitrogen and oxygen atoms in total. The van der Waals surface area contributed by atoms with Gasteiger partial charge in [0.25, 0.3) is 5.91 Å². The van der Waals surface area contributed by atoms with Gasteiger partial charge in [0, 0.05) is 24.4 Å². The number of hydrogen-bond donors (Lipinski definition) is 2. The van der Waals surface area contributed by atoms with Gasteiger partial charge in [0.1, 0.15) is 17.2 Å². The Bertz CT molecular complexity index is 1170. The molecule has 1 aliphatic heterocycles. The van der Waals surface area contributed by atoms with E-state index in [0.29, 0.717) is 6.20 Å². The van der Waals surface area contributed by atoms with E-state index in [1.54, 1.807) is 0 Å². The Hall–Kier alpha value is -3.22. The average molecular weight is 459 g/mol. The molecule has 0 saturated heterocycles. The molecule has 1 aliphatic rings. The number of alkyl halides is 3. The summed E-state index contributed by atoms with van der Waals surface area (Å²) in [6.07, 6.45) is -4.01. The molecule has 2 heterocycles. The fourth-order valence-electron chi connectivity index (χ4n) is 2.99. The molecular weight excluding hydrogens is 442 g/mol. The Morgan fingerprint density at radius 2 is 1.94 bits per heavy atom. The predicted octanol–water partition coefficient (Wildman–Crippen LogP) is 2.30. The van der Waals surface area contributed by atoms with Crippen molar-refractivity contribution in [2.24, 2.45) is 10.7 Å². The van der Waals surface area contributed by atoms with Crippen LogP contribution in [-0.2, 0) is 21.7 Å². The average Bonchev–Trinajstić information content (AvgIpc) is 2.65. The fraction of sp³-hybridized carbons (Fsp3) is 0.278. The number of pyridine rings is 1. The first kappa shape index (κ1) is 22.5. The van der Waals surface area contributed by atoms with Crippen LogP contribution in [0.1, 0.15) is 28.4 Å². The number of nitrogens with two attached hydrogens (primary N) is 1. The number of guanidine groups is 1. The Labute approximate surface area is 174 Å². The van der Waals surface area contributed by atoms with E-state index in [1.165, 1.54) is 14.0 Å². The van der Waals surface area contributed by atoms with Crippen molar-refractivity contribution in [3.63, 3.8) is 0 Å². The topological polar surface area (TPSA) is 118 Å². The standard InChI is InChI=1S/C18H17F4N5O3S/c1-17(9-31(29,30)27(2)16(23)26-17)12-7-10(3-5-13(12)19)15(28)25-14-6-4-11(8-24-14)18(20,21)22/h3-8H,9H2,1-2H3,(H2,23,26)(H,24,25,28)/t17-/m0/s1. The lowest BCUT2D eigenvalue weighted by molar-refractivity contribution is -0.137. The Balaban J connectivity index is 1.91. The van der Waals surface area contributed by atoms with E-state index in [0.717, 1.165) is 34.6 Å². The van der Waals surface area contributed by atoms with Gasteiger partial charge in [-0.2, -0.15) is 13.2 Å². The highest BCUT2D eigenvalue weighted by Crippen LogP contribution is 2.34. The minimum atomic E-state index is -4.58. The summed E-state index contributed by atoms with van der Waals surface area (Å²) in [4.78, 5) is 20.1. The molecule has 1 atom stereocenters.